The first-order valence-electron chi connectivity index (χ1n) is 8.54. The summed E-state index contributed by atoms with van der Waals surface area (Å²) in [4.78, 5) is 27.0. The molecular weight excluding hydrogens is 340 g/mol. The fourth-order valence-corrected chi connectivity index (χ4v) is 2.85. The van der Waals surface area contributed by atoms with E-state index in [1.165, 1.54) is 21.1 Å². The highest BCUT2D eigenvalue weighted by molar-refractivity contribution is 5.79. The van der Waals surface area contributed by atoms with E-state index in [1.807, 2.05) is 11.8 Å². The average molecular weight is 366 g/mol. The largest absolute Gasteiger partial charge is 0.493 e. The first-order chi connectivity index (χ1) is 12.4. The number of ether oxygens (including phenoxy) is 3. The highest BCUT2D eigenvalue weighted by Gasteiger charge is 2.24. The molecule has 1 aromatic carbocycles. The number of piperazine rings is 1. The van der Waals surface area contributed by atoms with Gasteiger partial charge < -0.3 is 24.2 Å². The fourth-order valence-electron chi connectivity index (χ4n) is 2.85. The molecule has 1 aliphatic heterocycles. The molecule has 0 spiro atoms. The second-order valence-electron chi connectivity index (χ2n) is 6.11. The summed E-state index contributed by atoms with van der Waals surface area (Å²) in [7, 11) is 2.97. The highest BCUT2D eigenvalue weighted by Crippen LogP contribution is 2.39. The number of benzene rings is 1. The number of likely N-dealkylation sites (N-methyl/N-ethyl adjacent to an activating group) is 1. The first-order valence-corrected chi connectivity index (χ1v) is 8.54. The zero-order chi connectivity index (χ0) is 19.3. The lowest BCUT2D eigenvalue weighted by atomic mass is 10.1. The third-order valence-corrected chi connectivity index (χ3v) is 4.35. The predicted octanol–water partition coefficient (Wildman–Crippen LogP) is 1.22. The Morgan fingerprint density at radius 2 is 1.85 bits per heavy atom. The van der Waals surface area contributed by atoms with Crippen molar-refractivity contribution in [3.63, 3.8) is 0 Å². The lowest BCUT2D eigenvalue weighted by Crippen LogP contribution is -2.49. The van der Waals surface area contributed by atoms with Crippen LogP contribution in [-0.4, -0.2) is 73.3 Å². The van der Waals surface area contributed by atoms with E-state index in [2.05, 4.69) is 4.90 Å². The van der Waals surface area contributed by atoms with Crippen molar-refractivity contribution in [1.82, 2.24) is 9.80 Å². The molecule has 8 heteroatoms. The highest BCUT2D eigenvalue weighted by atomic mass is 16.6. The molecule has 1 fully saturated rings. The van der Waals surface area contributed by atoms with Gasteiger partial charge in [0.2, 0.25) is 11.7 Å². The molecule has 2 rings (SSSR count). The Bertz CT molecular complexity index is 638. The monoisotopic (exact) mass is 366 g/mol. The Labute approximate surface area is 153 Å². The average Bonchev–Trinajstić information content (AvgIpc) is 2.62. The van der Waals surface area contributed by atoms with Gasteiger partial charge in [-0.15, -0.1) is 0 Å². The molecule has 1 heterocycles. The van der Waals surface area contributed by atoms with Gasteiger partial charge in [-0.05, 0) is 31.5 Å². The van der Waals surface area contributed by atoms with E-state index in [9.17, 15) is 9.59 Å². The lowest BCUT2D eigenvalue weighted by Gasteiger charge is -2.33. The topological polar surface area (TPSA) is 88.5 Å². The Hall–Kier alpha value is -2.48. The second-order valence-corrected chi connectivity index (χ2v) is 6.11. The molecule has 1 aromatic rings. The Morgan fingerprint density at radius 3 is 2.31 bits per heavy atom. The number of methoxy groups -OCH3 is 2. The van der Waals surface area contributed by atoms with Gasteiger partial charge in [0.1, 0.15) is 0 Å². The molecule has 0 radical (unpaired) electrons. The Morgan fingerprint density at radius 1 is 1.23 bits per heavy atom. The molecule has 8 nitrogen and oxygen atoms in total. The van der Waals surface area contributed by atoms with Crippen LogP contribution >= 0.6 is 0 Å². The molecule has 144 valence electrons. The Kier molecular flexibility index (Phi) is 6.68. The zero-order valence-corrected chi connectivity index (χ0v) is 15.7. The van der Waals surface area contributed by atoms with Crippen molar-refractivity contribution in [2.75, 3.05) is 40.4 Å². The van der Waals surface area contributed by atoms with Gasteiger partial charge in [0.25, 0.3) is 0 Å². The van der Waals surface area contributed by atoms with E-state index >= 15 is 0 Å². The summed E-state index contributed by atoms with van der Waals surface area (Å²) in [6.07, 6.45) is -1.04. The van der Waals surface area contributed by atoms with Gasteiger partial charge in [-0.2, -0.15) is 0 Å². The molecule has 1 atom stereocenters. The minimum Gasteiger partial charge on any atom is -0.493 e. The minimum absolute atomic E-state index is 0.118. The summed E-state index contributed by atoms with van der Waals surface area (Å²) in [6.45, 7) is 6.56. The maximum Gasteiger partial charge on any atom is 0.344 e. The number of carboxylic acid groups (broad SMARTS) is 1. The predicted molar refractivity (Wildman–Crippen MR) is 94.8 cm³/mol. The van der Waals surface area contributed by atoms with Gasteiger partial charge in [0, 0.05) is 26.2 Å². The molecular formula is C18H26N2O6. The van der Waals surface area contributed by atoms with Crippen molar-refractivity contribution >= 4 is 11.9 Å². The van der Waals surface area contributed by atoms with E-state index in [0.717, 1.165) is 18.7 Å². The van der Waals surface area contributed by atoms with Crippen LogP contribution in [0.1, 0.15) is 19.4 Å². The molecule has 1 saturated heterocycles. The summed E-state index contributed by atoms with van der Waals surface area (Å²) in [5.41, 5.74) is 0.895. The number of aliphatic carboxylic acids is 1. The van der Waals surface area contributed by atoms with Crippen LogP contribution < -0.4 is 14.2 Å². The van der Waals surface area contributed by atoms with Crippen molar-refractivity contribution in [3.05, 3.63) is 17.7 Å². The lowest BCUT2D eigenvalue weighted by molar-refractivity contribution is -0.144. The quantitative estimate of drug-likeness (QED) is 0.740. The number of amides is 1. The SMILES string of the molecule is CCN1CCN(Cc2cc(OC)c(O[C@@H](C)C(=O)O)c(OC)c2)CC1=O. The zero-order valence-electron chi connectivity index (χ0n) is 15.7. The van der Waals surface area contributed by atoms with Crippen molar-refractivity contribution in [2.24, 2.45) is 0 Å². The van der Waals surface area contributed by atoms with Gasteiger partial charge >= 0.3 is 5.97 Å². The van der Waals surface area contributed by atoms with E-state index in [4.69, 9.17) is 19.3 Å². The molecule has 0 bridgehead atoms. The first kappa shape index (κ1) is 19.8. The van der Waals surface area contributed by atoms with Crippen molar-refractivity contribution in [1.29, 1.82) is 0 Å². The fraction of sp³-hybridized carbons (Fsp3) is 0.556. The van der Waals surface area contributed by atoms with E-state index < -0.39 is 12.1 Å². The molecule has 0 unspecified atom stereocenters. The molecule has 1 amide bonds. The van der Waals surface area contributed by atoms with E-state index in [0.29, 0.717) is 31.1 Å². The van der Waals surface area contributed by atoms with Gasteiger partial charge in [-0.25, -0.2) is 4.79 Å². The van der Waals surface area contributed by atoms with Gasteiger partial charge in [-0.3, -0.25) is 9.69 Å². The Balaban J connectivity index is 2.20. The molecule has 26 heavy (non-hydrogen) atoms. The number of nitrogens with zero attached hydrogens (tertiary/aromatic N) is 2. The number of hydrogen-bond acceptors (Lipinski definition) is 6. The van der Waals surface area contributed by atoms with Crippen LogP contribution in [0, 0.1) is 0 Å². The van der Waals surface area contributed by atoms with E-state index in [1.54, 1.807) is 12.1 Å². The second kappa shape index (κ2) is 8.75. The van der Waals surface area contributed by atoms with Gasteiger partial charge in [-0.1, -0.05) is 0 Å². The van der Waals surface area contributed by atoms with Crippen LogP contribution in [-0.2, 0) is 16.1 Å². The summed E-state index contributed by atoms with van der Waals surface area (Å²) < 4.78 is 16.2. The maximum absolute atomic E-state index is 12.1. The van der Waals surface area contributed by atoms with Gasteiger partial charge in [0.15, 0.2) is 17.6 Å². The molecule has 0 saturated carbocycles. The minimum atomic E-state index is -1.08. The number of carboxylic acids is 1. The summed E-state index contributed by atoms with van der Waals surface area (Å²) >= 11 is 0. The molecule has 1 N–H and O–H groups in total. The van der Waals surface area contributed by atoms with Crippen molar-refractivity contribution < 1.29 is 28.9 Å². The number of carbonyl (C=O) groups is 2. The van der Waals surface area contributed by atoms with Crippen LogP contribution in [0.2, 0.25) is 0 Å². The van der Waals surface area contributed by atoms with Crippen LogP contribution in [0.4, 0.5) is 0 Å². The number of carbonyl (C=O) groups excluding carboxylic acids is 1. The molecule has 0 aromatic heterocycles. The number of hydrogen-bond donors (Lipinski definition) is 1. The summed E-state index contributed by atoms with van der Waals surface area (Å²) in [5.74, 6) is 0.0795. The van der Waals surface area contributed by atoms with Crippen LogP contribution in [0.25, 0.3) is 0 Å². The van der Waals surface area contributed by atoms with E-state index in [-0.39, 0.29) is 11.7 Å². The van der Waals surface area contributed by atoms with Crippen molar-refractivity contribution in [2.45, 2.75) is 26.5 Å². The van der Waals surface area contributed by atoms with Gasteiger partial charge in [0.05, 0.1) is 20.8 Å². The van der Waals surface area contributed by atoms with Crippen LogP contribution in [0.15, 0.2) is 12.1 Å². The maximum atomic E-state index is 12.1. The van der Waals surface area contributed by atoms with Crippen LogP contribution in [0.5, 0.6) is 17.2 Å². The smallest absolute Gasteiger partial charge is 0.344 e. The summed E-state index contributed by atoms with van der Waals surface area (Å²) in [5, 5.41) is 9.06. The summed E-state index contributed by atoms with van der Waals surface area (Å²) in [6, 6.07) is 3.56. The number of rotatable bonds is 8. The van der Waals surface area contributed by atoms with Crippen LogP contribution in [0.3, 0.4) is 0 Å². The molecule has 0 aliphatic carbocycles. The third kappa shape index (κ3) is 4.57. The standard InChI is InChI=1S/C18H26N2O6/c1-5-20-7-6-19(11-16(20)21)10-13-8-14(24-3)17(15(9-13)25-4)26-12(2)18(22)23/h8-9,12H,5-7,10-11H2,1-4H3,(H,22,23)/t12-/m0/s1. The molecule has 1 aliphatic rings. The third-order valence-electron chi connectivity index (χ3n) is 4.35. The van der Waals surface area contributed by atoms with Crippen molar-refractivity contribution in [3.8, 4) is 17.2 Å². The normalized spacial score (nSPS) is 16.3.